The molecular formula is C13H18N2O3S2. The van der Waals surface area contributed by atoms with Gasteiger partial charge in [0.15, 0.2) is 0 Å². The van der Waals surface area contributed by atoms with Crippen LogP contribution in [0.5, 0.6) is 0 Å². The molecule has 1 unspecified atom stereocenters. The second-order valence-corrected chi connectivity index (χ2v) is 7.30. The highest BCUT2D eigenvalue weighted by Crippen LogP contribution is 2.19. The molecule has 1 fully saturated rings. The van der Waals surface area contributed by atoms with E-state index in [1.165, 1.54) is 10.4 Å². The molecule has 1 aliphatic heterocycles. The molecule has 1 aliphatic rings. The minimum atomic E-state index is -3.54. The van der Waals surface area contributed by atoms with Gasteiger partial charge in [0.05, 0.1) is 11.0 Å². The highest BCUT2D eigenvalue weighted by Gasteiger charge is 2.26. The molecule has 2 N–H and O–H groups in total. The molecule has 1 saturated heterocycles. The van der Waals surface area contributed by atoms with Crippen LogP contribution in [0.4, 0.5) is 0 Å². The number of sulfonamides is 1. The van der Waals surface area contributed by atoms with Crippen LogP contribution in [0, 0.1) is 0 Å². The van der Waals surface area contributed by atoms with Crippen molar-refractivity contribution >= 4 is 27.2 Å². The van der Waals surface area contributed by atoms with E-state index in [0.717, 1.165) is 12.8 Å². The fourth-order valence-electron chi connectivity index (χ4n) is 2.16. The summed E-state index contributed by atoms with van der Waals surface area (Å²) in [6.45, 7) is 1.06. The number of benzene rings is 1. The van der Waals surface area contributed by atoms with Gasteiger partial charge in [0.25, 0.3) is 0 Å². The zero-order valence-corrected chi connectivity index (χ0v) is 12.9. The highest BCUT2D eigenvalue weighted by molar-refractivity contribution is 7.89. The summed E-state index contributed by atoms with van der Waals surface area (Å²) in [6, 6.07) is 6.38. The van der Waals surface area contributed by atoms with E-state index in [4.69, 9.17) is 22.7 Å². The smallest absolute Gasteiger partial charge is 0.242 e. The summed E-state index contributed by atoms with van der Waals surface area (Å²) in [4.78, 5) is 0.382. The maximum Gasteiger partial charge on any atom is 0.242 e. The van der Waals surface area contributed by atoms with Gasteiger partial charge in [-0.05, 0) is 25.0 Å². The third-order valence-electron chi connectivity index (χ3n) is 3.31. The van der Waals surface area contributed by atoms with Crippen LogP contribution in [0.1, 0.15) is 18.4 Å². The monoisotopic (exact) mass is 314 g/mol. The molecule has 0 aliphatic carbocycles. The van der Waals surface area contributed by atoms with Crippen LogP contribution in [0.15, 0.2) is 29.2 Å². The molecule has 7 heteroatoms. The van der Waals surface area contributed by atoms with Gasteiger partial charge in [-0.25, -0.2) is 8.42 Å². The first kappa shape index (κ1) is 15.4. The fourth-order valence-corrected chi connectivity index (χ4v) is 3.54. The van der Waals surface area contributed by atoms with Crippen molar-refractivity contribution in [2.24, 2.45) is 5.73 Å². The summed E-state index contributed by atoms with van der Waals surface area (Å²) >= 11 is 4.88. The van der Waals surface area contributed by atoms with Crippen molar-refractivity contribution in [2.75, 3.05) is 20.2 Å². The maximum absolute atomic E-state index is 12.5. The Morgan fingerprint density at radius 3 is 2.90 bits per heavy atom. The second kappa shape index (κ2) is 6.17. The average Bonchev–Trinajstić information content (AvgIpc) is 2.91. The summed E-state index contributed by atoms with van der Waals surface area (Å²) in [5.41, 5.74) is 6.08. The summed E-state index contributed by atoms with van der Waals surface area (Å²) in [5, 5.41) is 0. The molecule has 0 spiro atoms. The molecule has 1 aromatic carbocycles. The SMILES string of the molecule is CN(CC1CCCO1)S(=O)(=O)c1cccc(C(N)=S)c1. The van der Waals surface area contributed by atoms with Crippen molar-refractivity contribution in [3.63, 3.8) is 0 Å². The van der Waals surface area contributed by atoms with E-state index in [1.807, 2.05) is 0 Å². The van der Waals surface area contributed by atoms with Crippen LogP contribution in [0.25, 0.3) is 0 Å². The van der Waals surface area contributed by atoms with Gasteiger partial charge in [0.1, 0.15) is 4.99 Å². The van der Waals surface area contributed by atoms with E-state index < -0.39 is 10.0 Å². The number of hydrogen-bond acceptors (Lipinski definition) is 4. The van der Waals surface area contributed by atoms with Crippen LogP contribution < -0.4 is 5.73 Å². The normalized spacial score (nSPS) is 19.4. The zero-order chi connectivity index (χ0) is 14.8. The van der Waals surface area contributed by atoms with Crippen LogP contribution in [-0.4, -0.2) is 44.0 Å². The van der Waals surface area contributed by atoms with Gasteiger partial charge in [-0.2, -0.15) is 4.31 Å². The van der Waals surface area contributed by atoms with Gasteiger partial charge in [-0.1, -0.05) is 24.4 Å². The Morgan fingerprint density at radius 1 is 1.55 bits per heavy atom. The Kier molecular flexibility index (Phi) is 4.74. The van der Waals surface area contributed by atoms with E-state index in [-0.39, 0.29) is 16.0 Å². The van der Waals surface area contributed by atoms with Crippen LogP contribution in [0.3, 0.4) is 0 Å². The van der Waals surface area contributed by atoms with Crippen molar-refractivity contribution < 1.29 is 13.2 Å². The van der Waals surface area contributed by atoms with Crippen LogP contribution in [-0.2, 0) is 14.8 Å². The molecule has 0 bridgehead atoms. The van der Waals surface area contributed by atoms with E-state index in [9.17, 15) is 8.42 Å². The van der Waals surface area contributed by atoms with Gasteiger partial charge in [0.2, 0.25) is 10.0 Å². The number of nitrogens with two attached hydrogens (primary N) is 1. The molecule has 20 heavy (non-hydrogen) atoms. The van der Waals surface area contributed by atoms with E-state index in [0.29, 0.717) is 18.7 Å². The molecule has 1 heterocycles. The molecule has 0 radical (unpaired) electrons. The Hall–Kier alpha value is -1.02. The van der Waals surface area contributed by atoms with Crippen LogP contribution >= 0.6 is 12.2 Å². The quantitative estimate of drug-likeness (QED) is 0.825. The number of ether oxygens (including phenoxy) is 1. The molecule has 5 nitrogen and oxygen atoms in total. The Bertz CT molecular complexity index is 595. The van der Waals surface area contributed by atoms with Crippen molar-refractivity contribution in [3.05, 3.63) is 29.8 Å². The first-order valence-corrected chi connectivity index (χ1v) is 8.24. The minimum absolute atomic E-state index is 0.0199. The van der Waals surface area contributed by atoms with Gasteiger partial charge < -0.3 is 10.5 Å². The fraction of sp³-hybridized carbons (Fsp3) is 0.462. The molecule has 0 amide bonds. The summed E-state index contributed by atoms with van der Waals surface area (Å²) in [5.74, 6) is 0. The lowest BCUT2D eigenvalue weighted by molar-refractivity contribution is 0.0979. The molecule has 2 rings (SSSR count). The van der Waals surface area contributed by atoms with E-state index >= 15 is 0 Å². The lowest BCUT2D eigenvalue weighted by atomic mass is 10.2. The Morgan fingerprint density at radius 2 is 2.30 bits per heavy atom. The van der Waals surface area contributed by atoms with Crippen molar-refractivity contribution in [1.82, 2.24) is 4.31 Å². The predicted octanol–water partition coefficient (Wildman–Crippen LogP) is 1.12. The largest absolute Gasteiger partial charge is 0.389 e. The second-order valence-electron chi connectivity index (χ2n) is 4.81. The van der Waals surface area contributed by atoms with E-state index in [1.54, 1.807) is 25.2 Å². The van der Waals surface area contributed by atoms with Crippen molar-refractivity contribution in [3.8, 4) is 0 Å². The Balaban J connectivity index is 2.20. The van der Waals surface area contributed by atoms with Gasteiger partial charge in [-0.15, -0.1) is 0 Å². The number of likely N-dealkylation sites (N-methyl/N-ethyl adjacent to an activating group) is 1. The highest BCUT2D eigenvalue weighted by atomic mass is 32.2. The van der Waals surface area contributed by atoms with Crippen molar-refractivity contribution in [1.29, 1.82) is 0 Å². The summed E-state index contributed by atoms with van der Waals surface area (Å²) in [6.07, 6.45) is 1.86. The lowest BCUT2D eigenvalue weighted by Crippen LogP contribution is -2.34. The van der Waals surface area contributed by atoms with Gasteiger partial charge >= 0.3 is 0 Å². The van der Waals surface area contributed by atoms with E-state index in [2.05, 4.69) is 0 Å². The molecular weight excluding hydrogens is 296 g/mol. The first-order valence-electron chi connectivity index (χ1n) is 6.39. The molecule has 1 atom stereocenters. The summed E-state index contributed by atoms with van der Waals surface area (Å²) < 4.78 is 31.8. The number of nitrogens with zero attached hydrogens (tertiary/aromatic N) is 1. The minimum Gasteiger partial charge on any atom is -0.389 e. The van der Waals surface area contributed by atoms with Gasteiger partial charge in [0, 0.05) is 25.8 Å². The average molecular weight is 314 g/mol. The first-order chi connectivity index (χ1) is 9.41. The maximum atomic E-state index is 12.5. The topological polar surface area (TPSA) is 72.6 Å². The number of hydrogen-bond donors (Lipinski definition) is 1. The molecule has 0 saturated carbocycles. The molecule has 1 aromatic rings. The summed E-state index contributed by atoms with van der Waals surface area (Å²) in [7, 11) is -1.98. The predicted molar refractivity (Wildman–Crippen MR) is 81.1 cm³/mol. The lowest BCUT2D eigenvalue weighted by Gasteiger charge is -2.20. The molecule has 110 valence electrons. The number of rotatable bonds is 5. The van der Waals surface area contributed by atoms with Crippen LogP contribution in [0.2, 0.25) is 0 Å². The third kappa shape index (κ3) is 3.35. The number of thiocarbonyl (C=S) groups is 1. The zero-order valence-electron chi connectivity index (χ0n) is 11.3. The van der Waals surface area contributed by atoms with Crippen molar-refractivity contribution in [2.45, 2.75) is 23.8 Å². The van der Waals surface area contributed by atoms with Gasteiger partial charge in [-0.3, -0.25) is 0 Å². The third-order valence-corrected chi connectivity index (χ3v) is 5.37. The standard InChI is InChI=1S/C13H18N2O3S2/c1-15(9-11-5-3-7-18-11)20(16,17)12-6-2-4-10(8-12)13(14)19/h2,4,6,8,11H,3,5,7,9H2,1H3,(H2,14,19). The Labute approximate surface area is 124 Å². The molecule has 0 aromatic heterocycles.